The van der Waals surface area contributed by atoms with Crippen LogP contribution >= 0.6 is 0 Å². The number of fused-ring (bicyclic) bond motifs is 2. The van der Waals surface area contributed by atoms with Crippen LogP contribution < -0.4 is 15.0 Å². The number of aromatic nitrogens is 1. The van der Waals surface area contributed by atoms with Crippen LogP contribution in [-0.4, -0.2) is 67.3 Å². The van der Waals surface area contributed by atoms with E-state index in [1.165, 1.54) is 0 Å². The highest BCUT2D eigenvalue weighted by Crippen LogP contribution is 2.37. The molecule has 0 saturated carbocycles. The van der Waals surface area contributed by atoms with Gasteiger partial charge in [0.25, 0.3) is 5.91 Å². The Hall–Kier alpha value is -3.13. The molecule has 2 heterocycles. The summed E-state index contributed by atoms with van der Waals surface area (Å²) in [5, 5.41) is 3.01. The molecule has 1 aliphatic heterocycles. The number of benzene rings is 1. The number of nitrogens with zero attached hydrogens (tertiary/aromatic N) is 2. The van der Waals surface area contributed by atoms with Crippen molar-refractivity contribution >= 4 is 23.3 Å². The van der Waals surface area contributed by atoms with Crippen LogP contribution in [0.2, 0.25) is 0 Å². The number of carbonyl (C=O) groups is 3. The fourth-order valence-corrected chi connectivity index (χ4v) is 5.65. The number of hydrogen-bond acceptors (Lipinski definition) is 5. The van der Waals surface area contributed by atoms with E-state index in [9.17, 15) is 14.4 Å². The molecule has 2 amide bonds. The van der Waals surface area contributed by atoms with Crippen LogP contribution in [0.4, 0.5) is 5.69 Å². The summed E-state index contributed by atoms with van der Waals surface area (Å²) < 4.78 is 6.03. The molecule has 0 bridgehead atoms. The highest BCUT2D eigenvalue weighted by atomic mass is 16.5. The van der Waals surface area contributed by atoms with Crippen LogP contribution in [0, 0.1) is 12.3 Å². The number of rotatable bonds is 10. The number of carbonyl (C=O) groups excluding carboxylic acids is 3. The third-order valence-corrected chi connectivity index (χ3v) is 7.62. The van der Waals surface area contributed by atoms with Crippen molar-refractivity contribution < 1.29 is 19.1 Å². The first-order valence-corrected chi connectivity index (χ1v) is 13.8. The Balaban J connectivity index is 1.53. The van der Waals surface area contributed by atoms with Gasteiger partial charge in [0.15, 0.2) is 5.78 Å². The van der Waals surface area contributed by atoms with E-state index in [4.69, 9.17) is 4.74 Å². The third-order valence-electron chi connectivity index (χ3n) is 7.62. The van der Waals surface area contributed by atoms with Crippen molar-refractivity contribution in [3.05, 3.63) is 46.3 Å². The second-order valence-electron chi connectivity index (χ2n) is 11.7. The molecule has 206 valence electrons. The van der Waals surface area contributed by atoms with E-state index >= 15 is 0 Å². The van der Waals surface area contributed by atoms with E-state index in [1.54, 1.807) is 4.90 Å². The molecule has 1 aromatic carbocycles. The van der Waals surface area contributed by atoms with Gasteiger partial charge in [0.2, 0.25) is 5.91 Å². The predicted molar refractivity (Wildman–Crippen MR) is 149 cm³/mol. The number of amides is 2. The molecule has 2 N–H and O–H groups in total. The van der Waals surface area contributed by atoms with E-state index in [-0.39, 0.29) is 23.0 Å². The molecule has 2 aliphatic rings. The van der Waals surface area contributed by atoms with Crippen molar-refractivity contribution in [2.24, 2.45) is 5.41 Å². The molecular formula is C30H42N4O4. The summed E-state index contributed by atoms with van der Waals surface area (Å²) in [6.45, 7) is 9.96. The van der Waals surface area contributed by atoms with Gasteiger partial charge in [0, 0.05) is 36.3 Å². The van der Waals surface area contributed by atoms with Gasteiger partial charge in [-0.15, -0.1) is 0 Å². The first-order valence-electron chi connectivity index (χ1n) is 13.8. The fraction of sp³-hybridized carbons (Fsp3) is 0.567. The van der Waals surface area contributed by atoms with E-state index in [0.717, 1.165) is 42.1 Å². The van der Waals surface area contributed by atoms with Crippen LogP contribution in [-0.2, 0) is 17.6 Å². The Labute approximate surface area is 226 Å². The monoisotopic (exact) mass is 522 g/mol. The van der Waals surface area contributed by atoms with Gasteiger partial charge < -0.3 is 24.8 Å². The maximum absolute atomic E-state index is 13.8. The Morgan fingerprint density at radius 1 is 1.24 bits per heavy atom. The van der Waals surface area contributed by atoms with Gasteiger partial charge in [-0.05, 0) is 63.4 Å². The SMILES string of the molecule is CCCC[C@H](NC(=O)c1[nH]c2c(c1C)C(=O)CC(C)(C)C2)C(=O)N1CCc2c(OCCN(C)C)cccc21. The number of hydrogen-bond donors (Lipinski definition) is 2. The van der Waals surface area contributed by atoms with E-state index in [1.807, 2.05) is 39.2 Å². The number of aromatic amines is 1. The third kappa shape index (κ3) is 5.80. The molecule has 8 nitrogen and oxygen atoms in total. The Morgan fingerprint density at radius 2 is 2.00 bits per heavy atom. The van der Waals surface area contributed by atoms with Crippen LogP contribution in [0.1, 0.15) is 84.1 Å². The zero-order valence-electron chi connectivity index (χ0n) is 23.7. The molecule has 38 heavy (non-hydrogen) atoms. The number of ether oxygens (including phenoxy) is 1. The number of anilines is 1. The normalized spacial score (nSPS) is 16.8. The van der Waals surface area contributed by atoms with E-state index in [0.29, 0.717) is 55.7 Å². The molecule has 0 saturated heterocycles. The van der Waals surface area contributed by atoms with Gasteiger partial charge in [0.05, 0.1) is 5.69 Å². The van der Waals surface area contributed by atoms with Crippen LogP contribution in [0.3, 0.4) is 0 Å². The molecule has 0 radical (unpaired) electrons. The number of Topliss-reactive ketones (excluding diaryl/α,β-unsaturated/α-hetero) is 1. The highest BCUT2D eigenvalue weighted by molar-refractivity contribution is 6.06. The van der Waals surface area contributed by atoms with Crippen molar-refractivity contribution in [3.8, 4) is 5.75 Å². The molecule has 0 spiro atoms. The summed E-state index contributed by atoms with van der Waals surface area (Å²) in [5.41, 5.74) is 4.26. The average molecular weight is 523 g/mol. The second-order valence-corrected chi connectivity index (χ2v) is 11.7. The van der Waals surface area contributed by atoms with Gasteiger partial charge in [-0.2, -0.15) is 0 Å². The highest BCUT2D eigenvalue weighted by Gasteiger charge is 2.37. The molecule has 1 atom stereocenters. The number of nitrogens with one attached hydrogen (secondary N) is 2. The Morgan fingerprint density at radius 3 is 2.71 bits per heavy atom. The van der Waals surface area contributed by atoms with Crippen LogP contribution in [0.5, 0.6) is 5.75 Å². The summed E-state index contributed by atoms with van der Waals surface area (Å²) in [6.07, 6.45) is 4.18. The molecule has 0 fully saturated rings. The quantitative estimate of drug-likeness (QED) is 0.485. The molecule has 1 aliphatic carbocycles. The van der Waals surface area contributed by atoms with Crippen molar-refractivity contribution in [2.45, 2.75) is 72.3 Å². The maximum atomic E-state index is 13.8. The van der Waals surface area contributed by atoms with E-state index in [2.05, 4.69) is 36.0 Å². The van der Waals surface area contributed by atoms with Crippen LogP contribution in [0.25, 0.3) is 0 Å². The number of ketones is 1. The number of unbranched alkanes of at least 4 members (excludes halogenated alkanes) is 1. The van der Waals surface area contributed by atoms with Crippen LogP contribution in [0.15, 0.2) is 18.2 Å². The second kappa shape index (κ2) is 11.3. The number of H-pyrrole nitrogens is 1. The summed E-state index contributed by atoms with van der Waals surface area (Å²) in [5.74, 6) is 0.438. The largest absolute Gasteiger partial charge is 0.492 e. The molecule has 0 unspecified atom stereocenters. The zero-order chi connectivity index (χ0) is 27.6. The van der Waals surface area contributed by atoms with Crippen molar-refractivity contribution in [1.82, 2.24) is 15.2 Å². The first kappa shape index (κ1) is 27.9. The smallest absolute Gasteiger partial charge is 0.268 e. The molecule has 8 heteroatoms. The lowest BCUT2D eigenvalue weighted by atomic mass is 9.75. The summed E-state index contributed by atoms with van der Waals surface area (Å²) in [7, 11) is 4.01. The lowest BCUT2D eigenvalue weighted by molar-refractivity contribution is -0.120. The lowest BCUT2D eigenvalue weighted by Crippen LogP contribution is -2.48. The molecule has 1 aromatic heterocycles. The minimum absolute atomic E-state index is 0.0694. The molecule has 4 rings (SSSR count). The summed E-state index contributed by atoms with van der Waals surface area (Å²) >= 11 is 0. The molecule has 2 aromatic rings. The first-order chi connectivity index (χ1) is 18.0. The summed E-state index contributed by atoms with van der Waals surface area (Å²) in [6, 6.07) is 5.17. The Bertz CT molecular complexity index is 1210. The van der Waals surface area contributed by atoms with Crippen molar-refractivity contribution in [2.75, 3.05) is 38.7 Å². The fourth-order valence-electron chi connectivity index (χ4n) is 5.65. The van der Waals surface area contributed by atoms with Crippen molar-refractivity contribution in [3.63, 3.8) is 0 Å². The predicted octanol–water partition coefficient (Wildman–Crippen LogP) is 4.30. The zero-order valence-corrected chi connectivity index (χ0v) is 23.7. The molecular weight excluding hydrogens is 480 g/mol. The van der Waals surface area contributed by atoms with Gasteiger partial charge in [-0.3, -0.25) is 14.4 Å². The minimum Gasteiger partial charge on any atom is -0.492 e. The van der Waals surface area contributed by atoms with Gasteiger partial charge >= 0.3 is 0 Å². The minimum atomic E-state index is -0.654. The van der Waals surface area contributed by atoms with E-state index < -0.39 is 6.04 Å². The summed E-state index contributed by atoms with van der Waals surface area (Å²) in [4.78, 5) is 47.2. The topological polar surface area (TPSA) is 94.7 Å². The Kier molecular flexibility index (Phi) is 8.31. The lowest BCUT2D eigenvalue weighted by Gasteiger charge is -2.28. The number of likely N-dealkylation sites (N-methyl/N-ethyl adjacent to an activating group) is 1. The maximum Gasteiger partial charge on any atom is 0.268 e. The van der Waals surface area contributed by atoms with Gasteiger partial charge in [-0.1, -0.05) is 39.7 Å². The van der Waals surface area contributed by atoms with Gasteiger partial charge in [0.1, 0.15) is 24.1 Å². The average Bonchev–Trinajstić information content (AvgIpc) is 3.42. The standard InChI is InChI=1S/C30H42N4O4/c1-7-8-10-21(32-28(36)27-19(2)26-22(31-27)17-30(3,4)18-24(26)35)29(37)34-14-13-20-23(34)11-9-12-25(20)38-16-15-33(5)6/h9,11-12,21,31H,7-8,10,13-18H2,1-6H3,(H,32,36)/t21-/m0/s1. The van der Waals surface area contributed by atoms with Crippen molar-refractivity contribution in [1.29, 1.82) is 0 Å². The van der Waals surface area contributed by atoms with Gasteiger partial charge in [-0.25, -0.2) is 0 Å².